The van der Waals surface area contributed by atoms with Crippen molar-refractivity contribution in [3.8, 4) is 0 Å². The van der Waals surface area contributed by atoms with Gasteiger partial charge in [-0.3, -0.25) is 4.79 Å². The summed E-state index contributed by atoms with van der Waals surface area (Å²) in [6.07, 6.45) is -1.87. The number of amides is 1. The Bertz CT molecular complexity index is 733. The van der Waals surface area contributed by atoms with Crippen molar-refractivity contribution < 1.29 is 18.0 Å². The fourth-order valence-corrected chi connectivity index (χ4v) is 2.87. The van der Waals surface area contributed by atoms with Gasteiger partial charge in [0.15, 0.2) is 0 Å². The quantitative estimate of drug-likeness (QED) is 0.589. The van der Waals surface area contributed by atoms with Crippen LogP contribution in [-0.4, -0.2) is 13.0 Å². The van der Waals surface area contributed by atoms with Crippen LogP contribution >= 0.6 is 11.6 Å². The highest BCUT2D eigenvalue weighted by Gasteiger charge is 2.30. The van der Waals surface area contributed by atoms with Gasteiger partial charge in [-0.1, -0.05) is 37.1 Å². The minimum Gasteiger partial charge on any atom is -0.366 e. The Morgan fingerprint density at radius 3 is 2.38 bits per heavy atom. The van der Waals surface area contributed by atoms with E-state index in [1.54, 1.807) is 18.2 Å². The zero-order chi connectivity index (χ0) is 19.2. The Morgan fingerprint density at radius 2 is 1.85 bits per heavy atom. The minimum atomic E-state index is -4.34. The third kappa shape index (κ3) is 5.39. The predicted octanol–water partition coefficient (Wildman–Crippen LogP) is 5.73. The average molecular weight is 385 g/mol. The van der Waals surface area contributed by atoms with Crippen LogP contribution in [0.4, 0.5) is 24.5 Å². The summed E-state index contributed by atoms with van der Waals surface area (Å²) >= 11 is 6.34. The van der Waals surface area contributed by atoms with Crippen LogP contribution in [0.25, 0.3) is 0 Å². The minimum absolute atomic E-state index is 0.443. The Hall–Kier alpha value is -2.21. The van der Waals surface area contributed by atoms with Crippen molar-refractivity contribution in [2.24, 2.45) is 0 Å². The summed E-state index contributed by atoms with van der Waals surface area (Å²) in [5.41, 5.74) is 1.46. The van der Waals surface area contributed by atoms with Crippen molar-refractivity contribution >= 4 is 29.4 Å². The van der Waals surface area contributed by atoms with E-state index in [9.17, 15) is 18.0 Å². The van der Waals surface area contributed by atoms with Gasteiger partial charge in [0, 0.05) is 18.8 Å². The Morgan fingerprint density at radius 1 is 1.15 bits per heavy atom. The predicted molar refractivity (Wildman–Crippen MR) is 98.5 cm³/mol. The molecule has 2 aromatic rings. The van der Waals surface area contributed by atoms with E-state index in [4.69, 9.17) is 11.6 Å². The summed E-state index contributed by atoms with van der Waals surface area (Å²) < 4.78 is 38.1. The maximum atomic E-state index is 12.7. The van der Waals surface area contributed by atoms with Gasteiger partial charge in [0.2, 0.25) is 6.41 Å². The van der Waals surface area contributed by atoms with Crippen molar-refractivity contribution in [3.63, 3.8) is 0 Å². The number of alkyl halides is 3. The number of hydrogen-bond donors (Lipinski definition) is 1. The Balaban J connectivity index is 2.23. The van der Waals surface area contributed by atoms with E-state index < -0.39 is 11.7 Å². The molecule has 0 bridgehead atoms. The second-order valence-corrected chi connectivity index (χ2v) is 6.31. The smallest absolute Gasteiger partial charge is 0.366 e. The number of unbranched alkanes of at least 4 members (excludes halogenated alkanes) is 1. The van der Waals surface area contributed by atoms with Crippen molar-refractivity contribution in [1.82, 2.24) is 0 Å². The average Bonchev–Trinajstić information content (AvgIpc) is 2.59. The molecular formula is C19H20ClF3N2O. The van der Waals surface area contributed by atoms with Gasteiger partial charge >= 0.3 is 6.18 Å². The first-order valence-electron chi connectivity index (χ1n) is 8.26. The summed E-state index contributed by atoms with van der Waals surface area (Å²) in [4.78, 5) is 12.6. The summed E-state index contributed by atoms with van der Waals surface area (Å²) in [5.74, 6) is 0. The Labute approximate surface area is 155 Å². The van der Waals surface area contributed by atoms with Crippen molar-refractivity contribution in [2.75, 3.05) is 16.8 Å². The normalized spacial score (nSPS) is 11.3. The number of benzene rings is 2. The number of anilines is 2. The van der Waals surface area contributed by atoms with Gasteiger partial charge in [-0.05, 0) is 42.3 Å². The van der Waals surface area contributed by atoms with E-state index in [1.165, 1.54) is 12.1 Å². The third-order valence-electron chi connectivity index (χ3n) is 3.95. The zero-order valence-electron chi connectivity index (χ0n) is 14.3. The number of carbonyl (C=O) groups excluding carboxylic acids is 1. The largest absolute Gasteiger partial charge is 0.416 e. The molecule has 2 rings (SSSR count). The number of nitrogens with one attached hydrogen (secondary N) is 1. The fraction of sp³-hybridized carbons (Fsp3) is 0.316. The second kappa shape index (κ2) is 8.94. The van der Waals surface area contributed by atoms with Gasteiger partial charge in [0.05, 0.1) is 16.3 Å². The maximum Gasteiger partial charge on any atom is 0.416 e. The molecule has 140 valence electrons. The first-order chi connectivity index (χ1) is 12.3. The van der Waals surface area contributed by atoms with Crippen LogP contribution in [0.1, 0.15) is 30.9 Å². The maximum absolute atomic E-state index is 12.7. The van der Waals surface area contributed by atoms with Crippen LogP contribution in [0.15, 0.2) is 42.5 Å². The van der Waals surface area contributed by atoms with Gasteiger partial charge in [0.1, 0.15) is 0 Å². The van der Waals surface area contributed by atoms with Gasteiger partial charge < -0.3 is 10.2 Å². The molecule has 7 heteroatoms. The molecule has 0 aliphatic rings. The molecule has 0 spiro atoms. The highest BCUT2D eigenvalue weighted by Crippen LogP contribution is 2.32. The molecule has 1 N–H and O–H groups in total. The van der Waals surface area contributed by atoms with Crippen molar-refractivity contribution in [3.05, 3.63) is 58.6 Å². The molecule has 0 radical (unpaired) electrons. The summed E-state index contributed by atoms with van der Waals surface area (Å²) in [5, 5.41) is 3.01. The second-order valence-electron chi connectivity index (χ2n) is 5.90. The number of carbonyl (C=O) groups is 1. The topological polar surface area (TPSA) is 32.3 Å². The van der Waals surface area contributed by atoms with E-state index in [-0.39, 0.29) is 0 Å². The lowest BCUT2D eigenvalue weighted by molar-refractivity contribution is -0.137. The number of halogens is 4. The molecule has 1 amide bonds. The summed E-state index contributed by atoms with van der Waals surface area (Å²) in [7, 11) is 0. The summed E-state index contributed by atoms with van der Waals surface area (Å²) in [6.45, 7) is 3.23. The van der Waals surface area contributed by atoms with Crippen molar-refractivity contribution in [1.29, 1.82) is 0 Å². The van der Waals surface area contributed by atoms with Gasteiger partial charge in [0.25, 0.3) is 0 Å². The molecular weight excluding hydrogens is 365 g/mol. The molecule has 3 nitrogen and oxygen atoms in total. The first kappa shape index (κ1) is 20.1. The first-order valence-corrected chi connectivity index (χ1v) is 8.63. The number of hydrogen-bond acceptors (Lipinski definition) is 2. The van der Waals surface area contributed by atoms with Crippen LogP contribution in [0.3, 0.4) is 0 Å². The molecule has 0 fully saturated rings. The molecule has 0 unspecified atom stereocenters. The third-order valence-corrected chi connectivity index (χ3v) is 4.25. The summed E-state index contributed by atoms with van der Waals surface area (Å²) in [6, 6.07) is 10.3. The monoisotopic (exact) mass is 384 g/mol. The molecule has 0 aliphatic carbocycles. The highest BCUT2D eigenvalue weighted by atomic mass is 35.5. The van der Waals surface area contributed by atoms with Gasteiger partial charge in [-0.2, -0.15) is 13.2 Å². The molecule has 0 aliphatic heterocycles. The van der Waals surface area contributed by atoms with Crippen molar-refractivity contribution in [2.45, 2.75) is 32.5 Å². The molecule has 2 aromatic carbocycles. The molecule has 26 heavy (non-hydrogen) atoms. The molecule has 0 atom stereocenters. The SMILES string of the molecule is CCCCN(Cc1ccc(C(F)(F)F)cc1)c1ccc(NC=O)cc1Cl. The molecule has 0 saturated carbocycles. The van der Waals surface area contributed by atoms with Gasteiger partial charge in [-0.25, -0.2) is 0 Å². The van der Waals surface area contributed by atoms with Crippen LogP contribution in [-0.2, 0) is 17.5 Å². The molecule has 0 saturated heterocycles. The van der Waals surface area contributed by atoms with E-state index in [1.807, 2.05) is 4.90 Å². The van der Waals surface area contributed by atoms with E-state index in [0.29, 0.717) is 23.7 Å². The lowest BCUT2D eigenvalue weighted by atomic mass is 10.1. The van der Waals surface area contributed by atoms with Crippen LogP contribution in [0.2, 0.25) is 5.02 Å². The van der Waals surface area contributed by atoms with Crippen LogP contribution in [0, 0.1) is 0 Å². The van der Waals surface area contributed by atoms with Gasteiger partial charge in [-0.15, -0.1) is 0 Å². The van der Waals surface area contributed by atoms with E-state index in [2.05, 4.69) is 12.2 Å². The highest BCUT2D eigenvalue weighted by molar-refractivity contribution is 6.33. The standard InChI is InChI=1S/C19H20ClF3N2O/c1-2-3-10-25(18-9-8-16(24-13-26)11-17(18)20)12-14-4-6-15(7-5-14)19(21,22)23/h4-9,11,13H,2-3,10,12H2,1H3,(H,24,26). The lowest BCUT2D eigenvalue weighted by Gasteiger charge is -2.26. The Kier molecular flexibility index (Phi) is 6.91. The van der Waals surface area contributed by atoms with E-state index in [0.717, 1.165) is 42.8 Å². The van der Waals surface area contributed by atoms with Crippen LogP contribution in [0.5, 0.6) is 0 Å². The fourth-order valence-electron chi connectivity index (χ4n) is 2.57. The number of nitrogens with zero attached hydrogens (tertiary/aromatic N) is 1. The zero-order valence-corrected chi connectivity index (χ0v) is 15.1. The van der Waals surface area contributed by atoms with Crippen LogP contribution < -0.4 is 10.2 Å². The molecule has 0 heterocycles. The molecule has 0 aromatic heterocycles. The lowest BCUT2D eigenvalue weighted by Crippen LogP contribution is -2.24. The van der Waals surface area contributed by atoms with E-state index >= 15 is 0 Å². The number of rotatable bonds is 8.